The van der Waals surface area contributed by atoms with Gasteiger partial charge in [0.1, 0.15) is 12.2 Å². The Labute approximate surface area is 218 Å². The zero-order chi connectivity index (χ0) is 26.2. The smallest absolute Gasteiger partial charge is 0.410 e. The van der Waals surface area contributed by atoms with Gasteiger partial charge in [-0.1, -0.05) is 37.6 Å². The van der Waals surface area contributed by atoms with Gasteiger partial charge in [-0.2, -0.15) is 0 Å². The first kappa shape index (κ1) is 28.2. The van der Waals surface area contributed by atoms with Crippen molar-refractivity contribution >= 4 is 29.7 Å². The van der Waals surface area contributed by atoms with Crippen molar-refractivity contribution in [3.63, 3.8) is 0 Å². The minimum atomic E-state index is -0.824. The SMILES string of the molecule is C/C(=C\c1cncc(Cl)c1)[C@H]1OC(=O)C[C@H](O)CC[C@H](C)[C@H](OC(=O)N2CCN(C)CC2)/C=C/[C@@H]1C. The van der Waals surface area contributed by atoms with Crippen LogP contribution in [0.15, 0.2) is 36.2 Å². The summed E-state index contributed by atoms with van der Waals surface area (Å²) in [5.74, 6) is -0.676. The fourth-order valence-corrected chi connectivity index (χ4v) is 4.66. The molecule has 1 saturated heterocycles. The van der Waals surface area contributed by atoms with Crippen molar-refractivity contribution in [2.45, 2.75) is 58.3 Å². The van der Waals surface area contributed by atoms with Crippen LogP contribution in [0.1, 0.15) is 45.6 Å². The average molecular weight is 520 g/mol. The molecule has 1 N–H and O–H groups in total. The summed E-state index contributed by atoms with van der Waals surface area (Å²) in [5.41, 5.74) is 1.61. The minimum absolute atomic E-state index is 0.0254. The maximum absolute atomic E-state index is 12.9. The van der Waals surface area contributed by atoms with Gasteiger partial charge in [0.05, 0.1) is 17.5 Å². The first-order valence-corrected chi connectivity index (χ1v) is 13.0. The van der Waals surface area contributed by atoms with Gasteiger partial charge in [0.2, 0.25) is 0 Å². The lowest BCUT2D eigenvalue weighted by atomic mass is 9.91. The molecule has 1 aromatic rings. The molecule has 2 aliphatic heterocycles. The number of aliphatic hydroxyl groups excluding tert-OH is 1. The summed E-state index contributed by atoms with van der Waals surface area (Å²) in [7, 11) is 2.04. The van der Waals surface area contributed by atoms with Crippen LogP contribution in [0.3, 0.4) is 0 Å². The number of cyclic esters (lactones) is 1. The molecule has 3 rings (SSSR count). The third-order valence-corrected chi connectivity index (χ3v) is 7.03. The Bertz CT molecular complexity index is 960. The molecule has 3 heterocycles. The predicted octanol–water partition coefficient (Wildman–Crippen LogP) is 4.18. The number of rotatable bonds is 3. The number of likely N-dealkylation sites (N-methyl/N-ethyl adjacent to an activating group) is 1. The summed E-state index contributed by atoms with van der Waals surface area (Å²) in [6, 6.07) is 1.79. The molecule has 36 heavy (non-hydrogen) atoms. The van der Waals surface area contributed by atoms with E-state index in [1.54, 1.807) is 23.4 Å². The van der Waals surface area contributed by atoms with Crippen molar-refractivity contribution in [3.8, 4) is 0 Å². The molecule has 1 fully saturated rings. The van der Waals surface area contributed by atoms with E-state index in [1.807, 2.05) is 46.0 Å². The average Bonchev–Trinajstić information content (AvgIpc) is 2.83. The van der Waals surface area contributed by atoms with Crippen molar-refractivity contribution in [1.29, 1.82) is 0 Å². The molecule has 0 bridgehead atoms. The van der Waals surface area contributed by atoms with Gasteiger partial charge in [-0.05, 0) is 56.0 Å². The van der Waals surface area contributed by atoms with Crippen LogP contribution in [0.4, 0.5) is 4.79 Å². The van der Waals surface area contributed by atoms with Crippen molar-refractivity contribution in [1.82, 2.24) is 14.8 Å². The number of aliphatic hydroxyl groups is 1. The Morgan fingerprint density at radius 1 is 1.19 bits per heavy atom. The van der Waals surface area contributed by atoms with E-state index in [0.29, 0.717) is 31.0 Å². The van der Waals surface area contributed by atoms with Crippen molar-refractivity contribution in [2.75, 3.05) is 33.2 Å². The number of nitrogens with zero attached hydrogens (tertiary/aromatic N) is 3. The lowest BCUT2D eigenvalue weighted by Gasteiger charge is -2.33. The number of esters is 1. The van der Waals surface area contributed by atoms with Gasteiger partial charge in [-0.3, -0.25) is 9.78 Å². The van der Waals surface area contributed by atoms with Gasteiger partial charge in [-0.25, -0.2) is 4.79 Å². The van der Waals surface area contributed by atoms with Crippen LogP contribution >= 0.6 is 11.6 Å². The van der Waals surface area contributed by atoms with Crippen molar-refractivity contribution in [3.05, 3.63) is 46.8 Å². The molecule has 0 saturated carbocycles. The lowest BCUT2D eigenvalue weighted by molar-refractivity contribution is -0.151. The molecule has 2 aliphatic rings. The van der Waals surface area contributed by atoms with Gasteiger partial charge in [-0.15, -0.1) is 0 Å². The third-order valence-electron chi connectivity index (χ3n) is 6.83. The summed E-state index contributed by atoms with van der Waals surface area (Å²) in [4.78, 5) is 33.5. The van der Waals surface area contributed by atoms with Crippen LogP contribution in [0, 0.1) is 11.8 Å². The van der Waals surface area contributed by atoms with Gasteiger partial charge in [0.25, 0.3) is 0 Å². The fraction of sp³-hybridized carbons (Fsp3) is 0.593. The van der Waals surface area contributed by atoms with E-state index in [1.165, 1.54) is 0 Å². The molecule has 9 heteroatoms. The summed E-state index contributed by atoms with van der Waals surface area (Å²) in [6.45, 7) is 8.74. The first-order valence-electron chi connectivity index (χ1n) is 12.6. The largest absolute Gasteiger partial charge is 0.457 e. The lowest BCUT2D eigenvalue weighted by Crippen LogP contribution is -2.48. The Morgan fingerprint density at radius 2 is 1.92 bits per heavy atom. The molecule has 0 radical (unpaired) electrons. The normalized spacial score (nSPS) is 30.1. The van der Waals surface area contributed by atoms with Gasteiger partial charge < -0.3 is 24.4 Å². The Hall–Kier alpha value is -2.42. The molecule has 0 spiro atoms. The van der Waals surface area contributed by atoms with E-state index in [0.717, 1.165) is 24.2 Å². The number of amides is 1. The molecule has 0 aromatic carbocycles. The summed E-state index contributed by atoms with van der Waals surface area (Å²) in [5, 5.41) is 11.0. The van der Waals surface area contributed by atoms with E-state index in [4.69, 9.17) is 21.1 Å². The highest BCUT2D eigenvalue weighted by atomic mass is 35.5. The molecule has 5 atom stereocenters. The van der Waals surface area contributed by atoms with Gasteiger partial charge in [0.15, 0.2) is 0 Å². The second-order valence-corrected chi connectivity index (χ2v) is 10.5. The summed E-state index contributed by atoms with van der Waals surface area (Å²) >= 11 is 6.07. The number of pyridine rings is 1. The highest BCUT2D eigenvalue weighted by Gasteiger charge is 2.29. The molecule has 0 unspecified atom stereocenters. The van der Waals surface area contributed by atoms with E-state index in [2.05, 4.69) is 9.88 Å². The number of hydrogen-bond donors (Lipinski definition) is 1. The summed E-state index contributed by atoms with van der Waals surface area (Å²) < 4.78 is 11.8. The zero-order valence-electron chi connectivity index (χ0n) is 21.6. The van der Waals surface area contributed by atoms with Crippen LogP contribution in [-0.2, 0) is 14.3 Å². The number of aromatic nitrogens is 1. The van der Waals surface area contributed by atoms with Crippen LogP contribution in [-0.4, -0.2) is 83.5 Å². The fourth-order valence-electron chi connectivity index (χ4n) is 4.48. The van der Waals surface area contributed by atoms with E-state index >= 15 is 0 Å². The molecular formula is C27H38ClN3O5. The quantitative estimate of drug-likeness (QED) is 0.473. The van der Waals surface area contributed by atoms with Crippen molar-refractivity contribution < 1.29 is 24.2 Å². The number of halogens is 1. The Morgan fingerprint density at radius 3 is 2.61 bits per heavy atom. The Kier molecular flexibility index (Phi) is 10.3. The molecular weight excluding hydrogens is 482 g/mol. The maximum atomic E-state index is 12.9. The second kappa shape index (κ2) is 13.2. The van der Waals surface area contributed by atoms with Crippen LogP contribution in [0.2, 0.25) is 5.02 Å². The summed E-state index contributed by atoms with van der Waals surface area (Å²) in [6.07, 6.45) is 7.74. The van der Waals surface area contributed by atoms with Crippen LogP contribution in [0.5, 0.6) is 0 Å². The number of ether oxygens (including phenoxy) is 2. The van der Waals surface area contributed by atoms with E-state index in [-0.39, 0.29) is 24.3 Å². The molecule has 8 nitrogen and oxygen atoms in total. The van der Waals surface area contributed by atoms with Crippen LogP contribution < -0.4 is 0 Å². The highest BCUT2D eigenvalue weighted by Crippen LogP contribution is 2.26. The van der Waals surface area contributed by atoms with Crippen LogP contribution in [0.25, 0.3) is 6.08 Å². The third kappa shape index (κ3) is 8.32. The second-order valence-electron chi connectivity index (χ2n) is 10.0. The minimum Gasteiger partial charge on any atom is -0.457 e. The van der Waals surface area contributed by atoms with E-state index < -0.39 is 24.3 Å². The number of piperazine rings is 1. The Balaban J connectivity index is 1.82. The topological polar surface area (TPSA) is 92.2 Å². The molecule has 1 aromatic heterocycles. The van der Waals surface area contributed by atoms with E-state index in [9.17, 15) is 14.7 Å². The zero-order valence-corrected chi connectivity index (χ0v) is 22.4. The predicted molar refractivity (Wildman–Crippen MR) is 139 cm³/mol. The number of carbonyl (C=O) groups is 2. The van der Waals surface area contributed by atoms with Crippen molar-refractivity contribution in [2.24, 2.45) is 11.8 Å². The first-order chi connectivity index (χ1) is 17.1. The van der Waals surface area contributed by atoms with Gasteiger partial charge >= 0.3 is 12.1 Å². The number of hydrogen-bond acceptors (Lipinski definition) is 7. The highest BCUT2D eigenvalue weighted by molar-refractivity contribution is 6.30. The number of carbonyl (C=O) groups excluding carboxylic acids is 2. The molecule has 0 aliphatic carbocycles. The molecule has 198 valence electrons. The maximum Gasteiger partial charge on any atom is 0.410 e. The van der Waals surface area contributed by atoms with Gasteiger partial charge in [0, 0.05) is 44.5 Å². The standard InChI is InChI=1S/C27H38ClN3O5/c1-18-5-7-23(32)15-25(33)36-26(20(3)13-21-14-22(28)17-29-16-21)19(2)6-8-24(18)35-27(34)31-11-9-30(4)10-12-31/h6,8,13-14,16-19,23-24,26,32H,5,7,9-12,15H2,1-4H3/b8-6+,20-13+/t18-,19-,23+,24+,26-/m0/s1. The molecule has 1 amide bonds. The monoisotopic (exact) mass is 519 g/mol.